The van der Waals surface area contributed by atoms with E-state index in [1.54, 1.807) is 56.7 Å². The molecule has 1 unspecified atom stereocenters. The Kier molecular flexibility index (Phi) is 7.63. The van der Waals surface area contributed by atoms with Gasteiger partial charge < -0.3 is 20.1 Å². The van der Waals surface area contributed by atoms with E-state index in [1.807, 2.05) is 19.9 Å². The average Bonchev–Trinajstić information content (AvgIpc) is 2.72. The first-order valence-electron chi connectivity index (χ1n) is 9.09. The SMILES string of the molecule is CCC(C)NC(=O)c1ccccc1NC(=O)/C=C/c1ccc(OC)c(OC)c1. The Hall–Kier alpha value is -3.28. The van der Waals surface area contributed by atoms with Crippen molar-refractivity contribution in [3.63, 3.8) is 0 Å². The Morgan fingerprint density at radius 2 is 1.79 bits per heavy atom. The Balaban J connectivity index is 2.11. The van der Waals surface area contributed by atoms with Crippen molar-refractivity contribution >= 4 is 23.6 Å². The number of ether oxygens (including phenoxy) is 2. The highest BCUT2D eigenvalue weighted by molar-refractivity contribution is 6.07. The minimum atomic E-state index is -0.335. The topological polar surface area (TPSA) is 76.7 Å². The number of nitrogens with one attached hydrogen (secondary N) is 2. The van der Waals surface area contributed by atoms with Crippen molar-refractivity contribution in [1.82, 2.24) is 5.32 Å². The molecule has 2 aromatic rings. The average molecular weight is 382 g/mol. The second-order valence-electron chi connectivity index (χ2n) is 6.27. The minimum absolute atomic E-state index is 0.0567. The summed E-state index contributed by atoms with van der Waals surface area (Å²) >= 11 is 0. The molecular formula is C22H26N2O4. The van der Waals surface area contributed by atoms with Gasteiger partial charge in [-0.1, -0.05) is 25.1 Å². The highest BCUT2D eigenvalue weighted by Crippen LogP contribution is 2.28. The number of hydrogen-bond donors (Lipinski definition) is 2. The highest BCUT2D eigenvalue weighted by Gasteiger charge is 2.13. The summed E-state index contributed by atoms with van der Waals surface area (Å²) in [6, 6.07) is 12.3. The van der Waals surface area contributed by atoms with Gasteiger partial charge in [-0.05, 0) is 49.2 Å². The summed E-state index contributed by atoms with van der Waals surface area (Å²) in [5, 5.41) is 5.67. The molecule has 2 aromatic carbocycles. The molecular weight excluding hydrogens is 356 g/mol. The fourth-order valence-corrected chi connectivity index (χ4v) is 2.50. The number of carbonyl (C=O) groups excluding carboxylic acids is 2. The van der Waals surface area contributed by atoms with E-state index >= 15 is 0 Å². The van der Waals surface area contributed by atoms with Gasteiger partial charge in [0.05, 0.1) is 25.5 Å². The van der Waals surface area contributed by atoms with E-state index in [9.17, 15) is 9.59 Å². The summed E-state index contributed by atoms with van der Waals surface area (Å²) in [5.41, 5.74) is 1.68. The number of benzene rings is 2. The molecule has 0 spiro atoms. The van der Waals surface area contributed by atoms with Gasteiger partial charge in [-0.15, -0.1) is 0 Å². The van der Waals surface area contributed by atoms with Gasteiger partial charge in [-0.2, -0.15) is 0 Å². The Morgan fingerprint density at radius 3 is 2.46 bits per heavy atom. The van der Waals surface area contributed by atoms with Crippen molar-refractivity contribution < 1.29 is 19.1 Å². The fraction of sp³-hybridized carbons (Fsp3) is 0.273. The Bertz CT molecular complexity index is 861. The second kappa shape index (κ2) is 10.2. The van der Waals surface area contributed by atoms with Gasteiger partial charge in [0.2, 0.25) is 5.91 Å². The van der Waals surface area contributed by atoms with Crippen LogP contribution in [0.25, 0.3) is 6.08 Å². The summed E-state index contributed by atoms with van der Waals surface area (Å²) in [4.78, 5) is 24.8. The molecule has 0 aliphatic carbocycles. The second-order valence-corrected chi connectivity index (χ2v) is 6.27. The van der Waals surface area contributed by atoms with Crippen molar-refractivity contribution in [2.45, 2.75) is 26.3 Å². The van der Waals surface area contributed by atoms with E-state index in [0.717, 1.165) is 12.0 Å². The molecule has 0 heterocycles. The van der Waals surface area contributed by atoms with Gasteiger partial charge in [0, 0.05) is 12.1 Å². The van der Waals surface area contributed by atoms with Crippen LogP contribution in [0.15, 0.2) is 48.5 Å². The quantitative estimate of drug-likeness (QED) is 0.679. The van der Waals surface area contributed by atoms with Gasteiger partial charge in [0.15, 0.2) is 11.5 Å². The molecule has 2 amide bonds. The lowest BCUT2D eigenvalue weighted by atomic mass is 10.1. The lowest BCUT2D eigenvalue weighted by Gasteiger charge is -2.14. The third-order valence-corrected chi connectivity index (χ3v) is 4.25. The first-order chi connectivity index (χ1) is 13.5. The lowest BCUT2D eigenvalue weighted by Crippen LogP contribution is -2.32. The normalized spacial score (nSPS) is 11.7. The predicted molar refractivity (Wildman–Crippen MR) is 111 cm³/mol. The van der Waals surface area contributed by atoms with Gasteiger partial charge >= 0.3 is 0 Å². The standard InChI is InChI=1S/C22H26N2O4/c1-5-15(2)23-22(26)17-8-6-7-9-18(17)24-21(25)13-11-16-10-12-19(27-3)20(14-16)28-4/h6-15H,5H2,1-4H3,(H,23,26)(H,24,25)/b13-11+. The first kappa shape index (κ1) is 21.0. The number of para-hydroxylation sites is 1. The molecule has 148 valence electrons. The minimum Gasteiger partial charge on any atom is -0.493 e. The Labute approximate surface area is 165 Å². The smallest absolute Gasteiger partial charge is 0.253 e. The van der Waals surface area contributed by atoms with Crippen molar-refractivity contribution in [2.24, 2.45) is 0 Å². The van der Waals surface area contributed by atoms with E-state index in [1.165, 1.54) is 6.08 Å². The van der Waals surface area contributed by atoms with Gasteiger partial charge in [-0.3, -0.25) is 9.59 Å². The van der Waals surface area contributed by atoms with Crippen LogP contribution in [0.5, 0.6) is 11.5 Å². The maximum atomic E-state index is 12.4. The molecule has 0 fully saturated rings. The zero-order valence-electron chi connectivity index (χ0n) is 16.6. The van der Waals surface area contributed by atoms with E-state index in [-0.39, 0.29) is 17.9 Å². The summed E-state index contributed by atoms with van der Waals surface area (Å²) < 4.78 is 10.5. The molecule has 0 radical (unpaired) electrons. The number of amides is 2. The lowest BCUT2D eigenvalue weighted by molar-refractivity contribution is -0.111. The van der Waals surface area contributed by atoms with E-state index in [4.69, 9.17) is 9.47 Å². The van der Waals surface area contributed by atoms with Crippen LogP contribution in [0.2, 0.25) is 0 Å². The zero-order chi connectivity index (χ0) is 20.5. The summed E-state index contributed by atoms with van der Waals surface area (Å²) in [7, 11) is 3.12. The number of carbonyl (C=O) groups is 2. The maximum Gasteiger partial charge on any atom is 0.253 e. The van der Waals surface area contributed by atoms with Crippen molar-refractivity contribution in [3.05, 3.63) is 59.7 Å². The summed E-state index contributed by atoms with van der Waals surface area (Å²) in [6.07, 6.45) is 3.90. The highest BCUT2D eigenvalue weighted by atomic mass is 16.5. The molecule has 6 nitrogen and oxygen atoms in total. The fourth-order valence-electron chi connectivity index (χ4n) is 2.50. The number of anilines is 1. The van der Waals surface area contributed by atoms with Gasteiger partial charge in [0.25, 0.3) is 5.91 Å². The number of rotatable bonds is 8. The van der Waals surface area contributed by atoms with Crippen molar-refractivity contribution in [2.75, 3.05) is 19.5 Å². The van der Waals surface area contributed by atoms with Crippen LogP contribution < -0.4 is 20.1 Å². The van der Waals surface area contributed by atoms with Gasteiger partial charge in [-0.25, -0.2) is 0 Å². The predicted octanol–water partition coefficient (Wildman–Crippen LogP) is 3.88. The van der Waals surface area contributed by atoms with E-state index < -0.39 is 0 Å². The third kappa shape index (κ3) is 5.61. The molecule has 0 aromatic heterocycles. The van der Waals surface area contributed by atoms with E-state index in [0.29, 0.717) is 22.7 Å². The molecule has 0 bridgehead atoms. The molecule has 28 heavy (non-hydrogen) atoms. The number of hydrogen-bond acceptors (Lipinski definition) is 4. The third-order valence-electron chi connectivity index (χ3n) is 4.25. The molecule has 1 atom stereocenters. The number of methoxy groups -OCH3 is 2. The molecule has 0 saturated carbocycles. The summed E-state index contributed by atoms with van der Waals surface area (Å²) in [5.74, 6) is 0.648. The van der Waals surface area contributed by atoms with Crippen molar-refractivity contribution in [3.8, 4) is 11.5 Å². The molecule has 0 aliphatic rings. The van der Waals surface area contributed by atoms with Crippen LogP contribution in [0.1, 0.15) is 36.2 Å². The Morgan fingerprint density at radius 1 is 1.07 bits per heavy atom. The van der Waals surface area contributed by atoms with Crippen LogP contribution >= 0.6 is 0 Å². The van der Waals surface area contributed by atoms with Gasteiger partial charge in [0.1, 0.15) is 0 Å². The maximum absolute atomic E-state index is 12.4. The van der Waals surface area contributed by atoms with Crippen LogP contribution in [-0.2, 0) is 4.79 Å². The summed E-state index contributed by atoms with van der Waals surface area (Å²) in [6.45, 7) is 3.93. The van der Waals surface area contributed by atoms with E-state index in [2.05, 4.69) is 10.6 Å². The van der Waals surface area contributed by atoms with Crippen molar-refractivity contribution in [1.29, 1.82) is 0 Å². The van der Waals surface area contributed by atoms with Crippen LogP contribution in [0.4, 0.5) is 5.69 Å². The largest absolute Gasteiger partial charge is 0.493 e. The first-order valence-corrected chi connectivity index (χ1v) is 9.09. The van der Waals surface area contributed by atoms with Crippen LogP contribution in [0, 0.1) is 0 Å². The zero-order valence-corrected chi connectivity index (χ0v) is 16.6. The molecule has 0 saturated heterocycles. The molecule has 0 aliphatic heterocycles. The van der Waals surface area contributed by atoms with Crippen LogP contribution in [-0.4, -0.2) is 32.1 Å². The molecule has 2 rings (SSSR count). The molecule has 6 heteroatoms. The monoisotopic (exact) mass is 382 g/mol. The van der Waals surface area contributed by atoms with Crippen LogP contribution in [0.3, 0.4) is 0 Å². The molecule has 2 N–H and O–H groups in total.